The minimum absolute atomic E-state index is 0.0461. The number of ether oxygens (including phenoxy) is 2. The van der Waals surface area contributed by atoms with Crippen LogP contribution in [-0.4, -0.2) is 24.3 Å². The highest BCUT2D eigenvalue weighted by atomic mass is 16.5. The van der Waals surface area contributed by atoms with E-state index in [0.717, 1.165) is 6.08 Å². The number of esters is 1. The zero-order valence-electron chi connectivity index (χ0n) is 8.15. The van der Waals surface area contributed by atoms with Crippen LogP contribution in [0.5, 0.6) is 0 Å². The number of aliphatic hydroxyl groups is 1. The average Bonchev–Trinajstić information content (AvgIpc) is 2.20. The van der Waals surface area contributed by atoms with Gasteiger partial charge in [0.05, 0.1) is 19.1 Å². The van der Waals surface area contributed by atoms with Gasteiger partial charge in [-0.05, 0) is 0 Å². The highest BCUT2D eigenvalue weighted by molar-refractivity contribution is 5.81. The maximum atomic E-state index is 10.3. The molecule has 4 nitrogen and oxygen atoms in total. The van der Waals surface area contributed by atoms with Crippen molar-refractivity contribution in [1.29, 1.82) is 0 Å². The molecule has 0 aromatic heterocycles. The number of hydrogen-bond acceptors (Lipinski definition) is 4. The minimum Gasteiger partial charge on any atom is -0.474 e. The van der Waals surface area contributed by atoms with Crippen LogP contribution in [0.3, 0.4) is 0 Å². The first-order chi connectivity index (χ1) is 6.72. The van der Waals surface area contributed by atoms with E-state index < -0.39 is 5.97 Å². The highest BCUT2D eigenvalue weighted by Gasteiger charge is 1.91. The van der Waals surface area contributed by atoms with Crippen LogP contribution in [0.2, 0.25) is 0 Å². The maximum absolute atomic E-state index is 10.3. The van der Waals surface area contributed by atoms with Crippen molar-refractivity contribution in [3.63, 3.8) is 0 Å². The van der Waals surface area contributed by atoms with Gasteiger partial charge in [-0.25, -0.2) is 4.79 Å². The quantitative estimate of drug-likeness (QED) is 0.304. The van der Waals surface area contributed by atoms with Gasteiger partial charge in [0.2, 0.25) is 0 Å². The summed E-state index contributed by atoms with van der Waals surface area (Å²) in [5, 5.41) is 8.23. The Balaban J connectivity index is 0. The molecule has 0 atom stereocenters. The molecular weight excluding hydrogens is 184 g/mol. The average molecular weight is 200 g/mol. The Morgan fingerprint density at radius 1 is 1.29 bits per heavy atom. The SMILES string of the molecule is C=CC(=O)OCCCO.C=COC=C. The molecule has 0 unspecified atom stereocenters. The van der Waals surface area contributed by atoms with E-state index in [1.165, 1.54) is 12.5 Å². The third kappa shape index (κ3) is 16.8. The fraction of sp³-hybridized carbons (Fsp3) is 0.300. The van der Waals surface area contributed by atoms with Gasteiger partial charge in [-0.2, -0.15) is 0 Å². The molecule has 0 aromatic rings. The fourth-order valence-corrected chi connectivity index (χ4v) is 0.364. The van der Waals surface area contributed by atoms with Crippen molar-refractivity contribution in [2.75, 3.05) is 13.2 Å². The van der Waals surface area contributed by atoms with Crippen molar-refractivity contribution in [2.45, 2.75) is 6.42 Å². The second-order valence-electron chi connectivity index (χ2n) is 1.92. The summed E-state index contributed by atoms with van der Waals surface area (Å²) in [4.78, 5) is 10.3. The van der Waals surface area contributed by atoms with Crippen molar-refractivity contribution in [2.24, 2.45) is 0 Å². The first-order valence-electron chi connectivity index (χ1n) is 4.00. The molecule has 0 heterocycles. The largest absolute Gasteiger partial charge is 0.474 e. The van der Waals surface area contributed by atoms with Crippen molar-refractivity contribution in [1.82, 2.24) is 0 Å². The third-order valence-corrected chi connectivity index (χ3v) is 0.906. The van der Waals surface area contributed by atoms with E-state index in [9.17, 15) is 4.79 Å². The topological polar surface area (TPSA) is 55.8 Å². The van der Waals surface area contributed by atoms with Gasteiger partial charge in [0.1, 0.15) is 0 Å². The molecule has 0 aliphatic carbocycles. The predicted octanol–water partition coefficient (Wildman–Crippen LogP) is 1.39. The Morgan fingerprint density at radius 2 is 1.86 bits per heavy atom. The van der Waals surface area contributed by atoms with E-state index in [1.54, 1.807) is 0 Å². The van der Waals surface area contributed by atoms with E-state index in [0.29, 0.717) is 6.42 Å². The Hall–Kier alpha value is -1.55. The summed E-state index contributed by atoms with van der Waals surface area (Å²) in [6.07, 6.45) is 4.21. The van der Waals surface area contributed by atoms with Crippen LogP contribution < -0.4 is 0 Å². The molecule has 14 heavy (non-hydrogen) atoms. The normalized spacial score (nSPS) is 7.50. The summed E-state index contributed by atoms with van der Waals surface area (Å²) in [5.41, 5.74) is 0. The zero-order chi connectivity index (χ0) is 11.2. The van der Waals surface area contributed by atoms with Crippen LogP contribution in [0.15, 0.2) is 38.3 Å². The maximum Gasteiger partial charge on any atom is 0.330 e. The van der Waals surface area contributed by atoms with E-state index >= 15 is 0 Å². The van der Waals surface area contributed by atoms with Crippen molar-refractivity contribution in [3.8, 4) is 0 Å². The number of hydrogen-bond donors (Lipinski definition) is 1. The van der Waals surface area contributed by atoms with Gasteiger partial charge in [0, 0.05) is 19.1 Å². The molecule has 0 radical (unpaired) electrons. The molecule has 0 rings (SSSR count). The van der Waals surface area contributed by atoms with Gasteiger partial charge in [-0.15, -0.1) is 0 Å². The number of carbonyl (C=O) groups excluding carboxylic acids is 1. The van der Waals surface area contributed by atoms with Crippen LogP contribution in [0.1, 0.15) is 6.42 Å². The van der Waals surface area contributed by atoms with Gasteiger partial charge < -0.3 is 14.6 Å². The molecule has 1 N–H and O–H groups in total. The number of rotatable bonds is 6. The second-order valence-corrected chi connectivity index (χ2v) is 1.92. The van der Waals surface area contributed by atoms with Crippen LogP contribution in [0, 0.1) is 0 Å². The molecule has 0 saturated carbocycles. The van der Waals surface area contributed by atoms with Crippen LogP contribution in [0.25, 0.3) is 0 Å². The van der Waals surface area contributed by atoms with E-state index in [2.05, 4.69) is 29.2 Å². The highest BCUT2D eigenvalue weighted by Crippen LogP contribution is 1.82. The van der Waals surface area contributed by atoms with Crippen LogP contribution >= 0.6 is 0 Å². The molecule has 0 fully saturated rings. The molecule has 80 valence electrons. The van der Waals surface area contributed by atoms with Crippen LogP contribution in [0.4, 0.5) is 0 Å². The van der Waals surface area contributed by atoms with Gasteiger partial charge in [0.25, 0.3) is 0 Å². The zero-order valence-corrected chi connectivity index (χ0v) is 8.15. The summed E-state index contributed by atoms with van der Waals surface area (Å²) < 4.78 is 8.88. The standard InChI is InChI=1S/C6H10O3.C4H6O/c1-2-6(8)9-5-3-4-7;1-3-5-4-2/h2,7H,1,3-5H2;3-4H,1-2H2. The molecule has 0 saturated heterocycles. The Kier molecular flexibility index (Phi) is 14.9. The summed E-state index contributed by atoms with van der Waals surface area (Å²) >= 11 is 0. The fourth-order valence-electron chi connectivity index (χ4n) is 0.364. The van der Waals surface area contributed by atoms with Gasteiger partial charge in [-0.1, -0.05) is 19.7 Å². The summed E-state index contributed by atoms with van der Waals surface area (Å²) in [6.45, 7) is 10.0. The van der Waals surface area contributed by atoms with Crippen molar-refractivity contribution < 1.29 is 19.4 Å². The van der Waals surface area contributed by atoms with Gasteiger partial charge in [0.15, 0.2) is 0 Å². The number of carbonyl (C=O) groups is 1. The predicted molar refractivity (Wildman–Crippen MR) is 54.3 cm³/mol. The summed E-state index contributed by atoms with van der Waals surface area (Å²) in [5.74, 6) is -0.441. The Labute approximate surface area is 84.1 Å². The van der Waals surface area contributed by atoms with Gasteiger partial charge >= 0.3 is 5.97 Å². The molecule has 4 heteroatoms. The molecule has 0 spiro atoms. The molecule has 0 aromatic carbocycles. The lowest BCUT2D eigenvalue weighted by Crippen LogP contribution is -2.02. The first kappa shape index (κ1) is 14.9. The lowest BCUT2D eigenvalue weighted by Gasteiger charge is -1.96. The minimum atomic E-state index is -0.441. The Morgan fingerprint density at radius 3 is 2.14 bits per heavy atom. The van der Waals surface area contributed by atoms with Gasteiger partial charge in [-0.3, -0.25) is 0 Å². The lowest BCUT2D eigenvalue weighted by molar-refractivity contribution is -0.137. The second kappa shape index (κ2) is 14.0. The molecule has 0 aliphatic rings. The Bertz CT molecular complexity index is 169. The van der Waals surface area contributed by atoms with E-state index in [4.69, 9.17) is 5.11 Å². The molecular formula is C10H16O4. The third-order valence-electron chi connectivity index (χ3n) is 0.906. The summed E-state index contributed by atoms with van der Waals surface area (Å²) in [7, 11) is 0. The summed E-state index contributed by atoms with van der Waals surface area (Å²) in [6, 6.07) is 0. The molecule has 0 amide bonds. The molecule has 0 bridgehead atoms. The van der Waals surface area contributed by atoms with Crippen LogP contribution in [-0.2, 0) is 14.3 Å². The van der Waals surface area contributed by atoms with Crippen molar-refractivity contribution >= 4 is 5.97 Å². The van der Waals surface area contributed by atoms with E-state index in [1.807, 2.05) is 0 Å². The first-order valence-corrected chi connectivity index (χ1v) is 4.00. The van der Waals surface area contributed by atoms with E-state index in [-0.39, 0.29) is 13.2 Å². The molecule has 0 aliphatic heterocycles. The monoisotopic (exact) mass is 200 g/mol. The lowest BCUT2D eigenvalue weighted by atomic mass is 10.5. The van der Waals surface area contributed by atoms with Crippen molar-refractivity contribution in [3.05, 3.63) is 38.3 Å². The smallest absolute Gasteiger partial charge is 0.330 e. The number of aliphatic hydroxyl groups excluding tert-OH is 1.